The second kappa shape index (κ2) is 9.20. The molecule has 3 rings (SSSR count). The van der Waals surface area contributed by atoms with Crippen molar-refractivity contribution in [2.75, 3.05) is 11.9 Å². The second-order valence-corrected chi connectivity index (χ2v) is 7.05. The summed E-state index contributed by atoms with van der Waals surface area (Å²) in [6, 6.07) is 20.4. The Balaban J connectivity index is 1.67. The summed E-state index contributed by atoms with van der Waals surface area (Å²) in [6.07, 6.45) is 1.84. The van der Waals surface area contributed by atoms with E-state index in [9.17, 15) is 4.79 Å². The molecular weight excluding hydrogens is 340 g/mol. The third-order valence-electron chi connectivity index (χ3n) is 4.37. The van der Waals surface area contributed by atoms with Crippen LogP contribution in [0, 0.1) is 0 Å². The van der Waals surface area contributed by atoms with Crippen molar-refractivity contribution in [2.24, 2.45) is 0 Å². The molecule has 1 aromatic heterocycles. The molecule has 0 aliphatic carbocycles. The number of benzene rings is 2. The molecule has 0 atom stereocenters. The Labute approximate surface area is 159 Å². The van der Waals surface area contributed by atoms with Gasteiger partial charge in [0.25, 0.3) is 0 Å². The fraction of sp³-hybridized carbons (Fsp3) is 0.227. The number of hydrogen-bond donors (Lipinski definition) is 1. The van der Waals surface area contributed by atoms with E-state index in [1.807, 2.05) is 40.6 Å². The number of thiophene rings is 1. The molecule has 0 radical (unpaired) electrons. The molecule has 0 fully saturated rings. The highest BCUT2D eigenvalue weighted by atomic mass is 32.1. The Morgan fingerprint density at radius 1 is 0.962 bits per heavy atom. The first-order valence-electron chi connectivity index (χ1n) is 8.94. The zero-order chi connectivity index (χ0) is 18.2. The van der Waals surface area contributed by atoms with Gasteiger partial charge in [-0.1, -0.05) is 49.4 Å². The molecule has 134 valence electrons. The van der Waals surface area contributed by atoms with E-state index in [0.29, 0.717) is 13.1 Å². The van der Waals surface area contributed by atoms with Crippen LogP contribution in [-0.4, -0.2) is 17.5 Å². The third kappa shape index (κ3) is 5.20. The SMILES string of the molecule is CCc1ccc(NC(=O)N(CCc2ccccc2)Cc2ccsc2)cc1. The van der Waals surface area contributed by atoms with Crippen molar-refractivity contribution in [2.45, 2.75) is 26.3 Å². The average Bonchev–Trinajstić information content (AvgIpc) is 3.19. The van der Waals surface area contributed by atoms with Gasteiger partial charge in [0, 0.05) is 18.8 Å². The highest BCUT2D eigenvalue weighted by Crippen LogP contribution is 2.14. The Morgan fingerprint density at radius 3 is 2.38 bits per heavy atom. The van der Waals surface area contributed by atoms with Crippen molar-refractivity contribution in [1.82, 2.24) is 4.90 Å². The Morgan fingerprint density at radius 2 is 1.73 bits per heavy atom. The summed E-state index contributed by atoms with van der Waals surface area (Å²) >= 11 is 1.66. The van der Waals surface area contributed by atoms with Gasteiger partial charge in [0.05, 0.1) is 0 Å². The largest absolute Gasteiger partial charge is 0.322 e. The first-order valence-corrected chi connectivity index (χ1v) is 9.88. The topological polar surface area (TPSA) is 32.3 Å². The van der Waals surface area contributed by atoms with Gasteiger partial charge in [0.15, 0.2) is 0 Å². The van der Waals surface area contributed by atoms with Crippen molar-refractivity contribution in [3.05, 3.63) is 88.1 Å². The number of aryl methyl sites for hydroxylation is 1. The van der Waals surface area contributed by atoms with Crippen LogP contribution in [0.5, 0.6) is 0 Å². The summed E-state index contributed by atoms with van der Waals surface area (Å²) in [5.41, 5.74) is 4.51. The number of urea groups is 1. The Kier molecular flexibility index (Phi) is 6.45. The van der Waals surface area contributed by atoms with Crippen molar-refractivity contribution in [3.63, 3.8) is 0 Å². The van der Waals surface area contributed by atoms with Gasteiger partial charge in [-0.25, -0.2) is 4.79 Å². The molecule has 0 saturated carbocycles. The number of anilines is 1. The van der Waals surface area contributed by atoms with Gasteiger partial charge >= 0.3 is 6.03 Å². The highest BCUT2D eigenvalue weighted by molar-refractivity contribution is 7.07. The fourth-order valence-electron chi connectivity index (χ4n) is 2.79. The van der Waals surface area contributed by atoms with Crippen LogP contribution in [0.25, 0.3) is 0 Å². The third-order valence-corrected chi connectivity index (χ3v) is 5.10. The lowest BCUT2D eigenvalue weighted by Crippen LogP contribution is -2.36. The van der Waals surface area contributed by atoms with Crippen molar-refractivity contribution >= 4 is 23.1 Å². The molecule has 1 heterocycles. The van der Waals surface area contributed by atoms with E-state index in [1.165, 1.54) is 16.7 Å². The predicted octanol–water partition coefficient (Wildman–Crippen LogP) is 5.59. The number of hydrogen-bond acceptors (Lipinski definition) is 2. The van der Waals surface area contributed by atoms with Crippen LogP contribution in [0.15, 0.2) is 71.4 Å². The van der Waals surface area contributed by atoms with Crippen LogP contribution in [0.2, 0.25) is 0 Å². The molecule has 0 spiro atoms. The molecule has 0 aliphatic rings. The number of rotatable bonds is 7. The van der Waals surface area contributed by atoms with Gasteiger partial charge in [-0.15, -0.1) is 0 Å². The Bertz CT molecular complexity index is 798. The average molecular weight is 365 g/mol. The lowest BCUT2D eigenvalue weighted by atomic mass is 10.1. The molecule has 1 N–H and O–H groups in total. The van der Waals surface area contributed by atoms with E-state index in [0.717, 1.165) is 18.5 Å². The summed E-state index contributed by atoms with van der Waals surface area (Å²) in [5, 5.41) is 7.18. The predicted molar refractivity (Wildman–Crippen MR) is 110 cm³/mol. The maximum absolute atomic E-state index is 12.8. The minimum atomic E-state index is -0.0589. The minimum absolute atomic E-state index is 0.0589. The van der Waals surface area contributed by atoms with E-state index in [4.69, 9.17) is 0 Å². The molecule has 2 aromatic carbocycles. The van der Waals surface area contributed by atoms with E-state index >= 15 is 0 Å². The lowest BCUT2D eigenvalue weighted by molar-refractivity contribution is 0.210. The molecule has 26 heavy (non-hydrogen) atoms. The van der Waals surface area contributed by atoms with Crippen LogP contribution < -0.4 is 5.32 Å². The van der Waals surface area contributed by atoms with Crippen LogP contribution in [0.3, 0.4) is 0 Å². The van der Waals surface area contributed by atoms with E-state index in [2.05, 4.69) is 48.0 Å². The molecular formula is C22H24N2OS. The summed E-state index contributed by atoms with van der Waals surface area (Å²) in [7, 11) is 0. The van der Waals surface area contributed by atoms with Crippen LogP contribution in [0.4, 0.5) is 10.5 Å². The van der Waals surface area contributed by atoms with E-state index in [-0.39, 0.29) is 6.03 Å². The van der Waals surface area contributed by atoms with Crippen LogP contribution in [-0.2, 0) is 19.4 Å². The fourth-order valence-corrected chi connectivity index (χ4v) is 3.45. The lowest BCUT2D eigenvalue weighted by Gasteiger charge is -2.23. The first kappa shape index (κ1) is 18.2. The number of amides is 2. The zero-order valence-corrected chi connectivity index (χ0v) is 15.8. The first-order chi connectivity index (χ1) is 12.7. The van der Waals surface area contributed by atoms with Crippen LogP contribution >= 0.6 is 11.3 Å². The summed E-state index contributed by atoms with van der Waals surface area (Å²) in [6.45, 7) is 3.42. The van der Waals surface area contributed by atoms with Gasteiger partial charge < -0.3 is 10.2 Å². The quantitative estimate of drug-likeness (QED) is 0.582. The molecule has 0 aliphatic heterocycles. The molecule has 0 bridgehead atoms. The minimum Gasteiger partial charge on any atom is -0.320 e. The Hall–Kier alpha value is -2.59. The van der Waals surface area contributed by atoms with Crippen LogP contribution in [0.1, 0.15) is 23.6 Å². The molecule has 3 nitrogen and oxygen atoms in total. The smallest absolute Gasteiger partial charge is 0.320 e. The number of nitrogens with zero attached hydrogens (tertiary/aromatic N) is 1. The second-order valence-electron chi connectivity index (χ2n) is 6.27. The van der Waals surface area contributed by atoms with Gasteiger partial charge in [-0.3, -0.25) is 0 Å². The highest BCUT2D eigenvalue weighted by Gasteiger charge is 2.14. The van der Waals surface area contributed by atoms with Gasteiger partial charge in [-0.2, -0.15) is 11.3 Å². The molecule has 0 saturated heterocycles. The molecule has 4 heteroatoms. The molecule has 0 unspecified atom stereocenters. The van der Waals surface area contributed by atoms with Crippen molar-refractivity contribution < 1.29 is 4.79 Å². The molecule has 2 amide bonds. The normalized spacial score (nSPS) is 10.5. The molecule has 3 aromatic rings. The van der Waals surface area contributed by atoms with Gasteiger partial charge in [0.1, 0.15) is 0 Å². The standard InChI is InChI=1S/C22H24N2OS/c1-2-18-8-10-21(11-9-18)23-22(25)24(16-20-13-15-26-17-20)14-12-19-6-4-3-5-7-19/h3-11,13,15,17H,2,12,14,16H2,1H3,(H,23,25). The zero-order valence-electron chi connectivity index (χ0n) is 15.0. The van der Waals surface area contributed by atoms with E-state index < -0.39 is 0 Å². The number of carbonyl (C=O) groups is 1. The maximum Gasteiger partial charge on any atom is 0.322 e. The summed E-state index contributed by atoms with van der Waals surface area (Å²) in [5.74, 6) is 0. The monoisotopic (exact) mass is 364 g/mol. The van der Waals surface area contributed by atoms with Gasteiger partial charge in [-0.05, 0) is 58.5 Å². The summed E-state index contributed by atoms with van der Waals surface area (Å²) < 4.78 is 0. The number of nitrogens with one attached hydrogen (secondary N) is 1. The van der Waals surface area contributed by atoms with Crippen molar-refractivity contribution in [1.29, 1.82) is 0 Å². The maximum atomic E-state index is 12.8. The van der Waals surface area contributed by atoms with E-state index in [1.54, 1.807) is 11.3 Å². The van der Waals surface area contributed by atoms with Gasteiger partial charge in [0.2, 0.25) is 0 Å². The van der Waals surface area contributed by atoms with Crippen molar-refractivity contribution in [3.8, 4) is 0 Å². The number of carbonyl (C=O) groups excluding carboxylic acids is 1. The summed E-state index contributed by atoms with van der Waals surface area (Å²) in [4.78, 5) is 14.7.